The Kier molecular flexibility index (Phi) is 6.88. The zero-order valence-electron chi connectivity index (χ0n) is 16.5. The van der Waals surface area contributed by atoms with E-state index in [2.05, 4.69) is 5.32 Å². The van der Waals surface area contributed by atoms with Gasteiger partial charge in [0.15, 0.2) is 0 Å². The van der Waals surface area contributed by atoms with E-state index in [0.29, 0.717) is 12.8 Å². The molecule has 1 fully saturated rings. The van der Waals surface area contributed by atoms with E-state index in [1.54, 1.807) is 20.8 Å². The number of benzene rings is 1. The fourth-order valence-electron chi connectivity index (χ4n) is 2.97. The molecular weight excluding hydrogens is 370 g/mol. The first kappa shape index (κ1) is 21.7. The molecule has 1 aliphatic rings. The van der Waals surface area contributed by atoms with E-state index in [0.717, 1.165) is 5.56 Å². The molecule has 0 unspecified atom stereocenters. The minimum Gasteiger partial charge on any atom is -0.444 e. The van der Waals surface area contributed by atoms with E-state index in [-0.39, 0.29) is 5.92 Å². The number of hydrogen-bond acceptors (Lipinski definition) is 6. The van der Waals surface area contributed by atoms with Gasteiger partial charge in [-0.3, -0.25) is 0 Å². The van der Waals surface area contributed by atoms with Crippen molar-refractivity contribution in [1.82, 2.24) is 5.32 Å². The third-order valence-electron chi connectivity index (χ3n) is 3.94. The number of carbonyl (C=O) groups is 1. The Labute approximate surface area is 161 Å². The zero-order valence-corrected chi connectivity index (χ0v) is 17.3. The van der Waals surface area contributed by atoms with Gasteiger partial charge in [0.2, 0.25) is 0 Å². The molecule has 7 nitrogen and oxygen atoms in total. The summed E-state index contributed by atoms with van der Waals surface area (Å²) in [6.45, 7) is 9.23. The van der Waals surface area contributed by atoms with Gasteiger partial charge in [0.25, 0.3) is 0 Å². The van der Waals surface area contributed by atoms with Crippen LogP contribution < -0.4 is 5.32 Å². The highest BCUT2D eigenvalue weighted by Crippen LogP contribution is 2.29. The fourth-order valence-corrected chi connectivity index (χ4v) is 4.03. The van der Waals surface area contributed by atoms with Crippen LogP contribution in [-0.4, -0.2) is 38.4 Å². The highest BCUT2D eigenvalue weighted by Gasteiger charge is 2.45. The van der Waals surface area contributed by atoms with Gasteiger partial charge in [-0.25, -0.2) is 13.2 Å². The number of hydrogen-bond donors (Lipinski definition) is 1. The maximum absolute atomic E-state index is 12.3. The molecule has 1 heterocycles. The average Bonchev–Trinajstić information content (AvgIpc) is 2.79. The summed E-state index contributed by atoms with van der Waals surface area (Å²) >= 11 is 0. The Morgan fingerprint density at radius 1 is 1.19 bits per heavy atom. The van der Waals surface area contributed by atoms with Crippen LogP contribution in [0.2, 0.25) is 0 Å². The van der Waals surface area contributed by atoms with Crippen LogP contribution in [0.5, 0.6) is 0 Å². The predicted octanol–water partition coefficient (Wildman–Crippen LogP) is 3.20. The Bertz CT molecular complexity index is 726. The Hall–Kier alpha value is -1.64. The molecule has 1 aromatic rings. The first-order chi connectivity index (χ1) is 12.5. The van der Waals surface area contributed by atoms with Gasteiger partial charge in [-0.1, -0.05) is 44.2 Å². The first-order valence-corrected chi connectivity index (χ1v) is 10.4. The SMILES string of the molecule is CC(C)C[C@H]1OS(=O)(=O)O[C@@H]1[C@H](Cc1ccccc1)NC(=O)OC(C)(C)C. The monoisotopic (exact) mass is 399 g/mol. The van der Waals surface area contributed by atoms with E-state index in [9.17, 15) is 13.2 Å². The molecule has 1 saturated heterocycles. The zero-order chi connectivity index (χ0) is 20.2. The molecule has 2 rings (SSSR count). The van der Waals surface area contributed by atoms with Crippen LogP contribution in [0, 0.1) is 5.92 Å². The van der Waals surface area contributed by atoms with Crippen molar-refractivity contribution >= 4 is 16.5 Å². The van der Waals surface area contributed by atoms with Crippen molar-refractivity contribution in [2.75, 3.05) is 0 Å². The van der Waals surface area contributed by atoms with Crippen LogP contribution in [0.25, 0.3) is 0 Å². The number of rotatable bonds is 6. The van der Waals surface area contributed by atoms with Gasteiger partial charge in [0.05, 0.1) is 6.04 Å². The molecule has 152 valence electrons. The van der Waals surface area contributed by atoms with E-state index < -0.39 is 40.3 Å². The summed E-state index contributed by atoms with van der Waals surface area (Å²) in [7, 11) is -4.09. The number of carbonyl (C=O) groups excluding carboxylic acids is 1. The topological polar surface area (TPSA) is 90.9 Å². The average molecular weight is 400 g/mol. The van der Waals surface area contributed by atoms with Crippen molar-refractivity contribution in [1.29, 1.82) is 0 Å². The highest BCUT2D eigenvalue weighted by atomic mass is 32.3. The third kappa shape index (κ3) is 7.12. The summed E-state index contributed by atoms with van der Waals surface area (Å²) in [4.78, 5) is 12.3. The van der Waals surface area contributed by atoms with Crippen molar-refractivity contribution in [3.63, 3.8) is 0 Å². The minimum atomic E-state index is -4.09. The maximum Gasteiger partial charge on any atom is 0.407 e. The van der Waals surface area contributed by atoms with Gasteiger partial charge in [0, 0.05) is 0 Å². The summed E-state index contributed by atoms with van der Waals surface area (Å²) in [5.41, 5.74) is 0.271. The van der Waals surface area contributed by atoms with Crippen LogP contribution >= 0.6 is 0 Å². The van der Waals surface area contributed by atoms with E-state index in [1.165, 1.54) is 0 Å². The molecule has 0 spiro atoms. The molecule has 1 amide bonds. The van der Waals surface area contributed by atoms with Crippen molar-refractivity contribution in [3.05, 3.63) is 35.9 Å². The summed E-state index contributed by atoms with van der Waals surface area (Å²) in [6.07, 6.45) is -1.24. The second-order valence-electron chi connectivity index (χ2n) is 8.18. The second-order valence-corrected chi connectivity index (χ2v) is 9.38. The molecular formula is C19H29NO6S. The summed E-state index contributed by atoms with van der Waals surface area (Å²) in [5, 5.41) is 2.77. The van der Waals surface area contributed by atoms with Gasteiger partial charge in [0.1, 0.15) is 17.8 Å². The van der Waals surface area contributed by atoms with E-state index in [1.807, 2.05) is 44.2 Å². The lowest BCUT2D eigenvalue weighted by Crippen LogP contribution is -2.50. The second kappa shape index (κ2) is 8.58. The van der Waals surface area contributed by atoms with Crippen LogP contribution in [0.3, 0.4) is 0 Å². The van der Waals surface area contributed by atoms with Gasteiger partial charge >= 0.3 is 16.5 Å². The molecule has 1 N–H and O–H groups in total. The molecule has 1 aromatic carbocycles. The van der Waals surface area contributed by atoms with Gasteiger partial charge in [-0.15, -0.1) is 0 Å². The fraction of sp³-hybridized carbons (Fsp3) is 0.632. The molecule has 0 saturated carbocycles. The highest BCUT2D eigenvalue weighted by molar-refractivity contribution is 7.82. The minimum absolute atomic E-state index is 0.202. The maximum atomic E-state index is 12.3. The van der Waals surface area contributed by atoms with Crippen molar-refractivity contribution in [2.24, 2.45) is 5.92 Å². The van der Waals surface area contributed by atoms with Crippen LogP contribution in [0.4, 0.5) is 4.79 Å². The van der Waals surface area contributed by atoms with Crippen molar-refractivity contribution < 1.29 is 26.3 Å². The number of alkyl carbamates (subject to hydrolysis) is 1. The lowest BCUT2D eigenvalue weighted by atomic mass is 9.93. The predicted molar refractivity (Wildman–Crippen MR) is 101 cm³/mol. The van der Waals surface area contributed by atoms with Crippen molar-refractivity contribution in [2.45, 2.75) is 71.3 Å². The van der Waals surface area contributed by atoms with Gasteiger partial charge in [-0.2, -0.15) is 8.42 Å². The normalized spacial score (nSPS) is 23.2. The van der Waals surface area contributed by atoms with E-state index >= 15 is 0 Å². The summed E-state index contributed by atoms with van der Waals surface area (Å²) in [5.74, 6) is 0.202. The Balaban J connectivity index is 2.25. The van der Waals surface area contributed by atoms with Gasteiger partial charge in [-0.05, 0) is 45.1 Å². The van der Waals surface area contributed by atoms with Crippen LogP contribution in [0.1, 0.15) is 46.6 Å². The molecule has 0 aliphatic carbocycles. The van der Waals surface area contributed by atoms with Crippen LogP contribution in [0.15, 0.2) is 30.3 Å². The summed E-state index contributed by atoms with van der Waals surface area (Å²) < 4.78 is 39.5. The Morgan fingerprint density at radius 2 is 1.81 bits per heavy atom. The molecule has 27 heavy (non-hydrogen) atoms. The van der Waals surface area contributed by atoms with Crippen LogP contribution in [-0.2, 0) is 29.9 Å². The van der Waals surface area contributed by atoms with Crippen molar-refractivity contribution in [3.8, 4) is 0 Å². The molecule has 8 heteroatoms. The first-order valence-electron chi connectivity index (χ1n) is 9.10. The quantitative estimate of drug-likeness (QED) is 0.790. The third-order valence-corrected chi connectivity index (χ3v) is 4.88. The number of amides is 1. The molecule has 0 radical (unpaired) electrons. The largest absolute Gasteiger partial charge is 0.444 e. The van der Waals surface area contributed by atoms with E-state index in [4.69, 9.17) is 13.1 Å². The smallest absolute Gasteiger partial charge is 0.407 e. The molecule has 0 bridgehead atoms. The molecule has 3 atom stereocenters. The number of nitrogens with one attached hydrogen (secondary N) is 1. The molecule has 0 aromatic heterocycles. The number of ether oxygens (including phenoxy) is 1. The lowest BCUT2D eigenvalue weighted by Gasteiger charge is -2.28. The standard InChI is InChI=1S/C19H29NO6S/c1-13(2)11-16-17(26-27(22,23)25-16)15(12-14-9-7-6-8-10-14)20-18(21)24-19(3,4)5/h6-10,13,15-17H,11-12H2,1-5H3,(H,20,21)/t15-,16+,17+/m0/s1. The lowest BCUT2D eigenvalue weighted by molar-refractivity contribution is 0.0408. The van der Waals surface area contributed by atoms with Gasteiger partial charge < -0.3 is 10.1 Å². The summed E-state index contributed by atoms with van der Waals surface area (Å²) in [6, 6.07) is 8.85. The molecule has 1 aliphatic heterocycles. The Morgan fingerprint density at radius 3 is 2.37 bits per heavy atom.